The van der Waals surface area contributed by atoms with Crippen molar-refractivity contribution < 1.29 is 13.2 Å². The van der Waals surface area contributed by atoms with Crippen molar-refractivity contribution in [2.75, 3.05) is 0 Å². The lowest BCUT2D eigenvalue weighted by Gasteiger charge is -2.11. The maximum absolute atomic E-state index is 12.5. The Morgan fingerprint density at radius 3 is 2.11 bits per heavy atom. The molecule has 2 aromatic carbocycles. The molecule has 94 valence electrons. The zero-order valence-corrected chi connectivity index (χ0v) is 10.3. The largest absolute Gasteiger partial charge is 0.393 e. The highest BCUT2D eigenvalue weighted by Gasteiger charge is 2.28. The summed E-state index contributed by atoms with van der Waals surface area (Å²) in [6, 6.07) is 16.0. The molecule has 0 nitrogen and oxygen atoms in total. The lowest BCUT2D eigenvalue weighted by molar-refractivity contribution is -0.127. The molecule has 0 amide bonds. The van der Waals surface area contributed by atoms with E-state index in [-0.39, 0.29) is 0 Å². The van der Waals surface area contributed by atoms with Gasteiger partial charge in [-0.05, 0) is 23.8 Å². The second-order valence-corrected chi connectivity index (χ2v) is 4.93. The van der Waals surface area contributed by atoms with E-state index < -0.39 is 12.6 Å². The molecule has 0 fully saturated rings. The van der Waals surface area contributed by atoms with Crippen LogP contribution in [0.1, 0.15) is 5.56 Å². The first-order chi connectivity index (χ1) is 8.54. The van der Waals surface area contributed by atoms with E-state index in [9.17, 15) is 13.2 Å². The van der Waals surface area contributed by atoms with Crippen LogP contribution in [0.5, 0.6) is 0 Å². The normalized spacial score (nSPS) is 11.5. The summed E-state index contributed by atoms with van der Waals surface area (Å²) in [7, 11) is 0. The van der Waals surface area contributed by atoms with Crippen molar-refractivity contribution in [3.63, 3.8) is 0 Å². The van der Waals surface area contributed by atoms with Gasteiger partial charge in [0.05, 0.1) is 6.42 Å². The van der Waals surface area contributed by atoms with Crippen LogP contribution >= 0.6 is 11.8 Å². The molecular weight excluding hydrogens is 257 g/mol. The average molecular weight is 268 g/mol. The fourth-order valence-electron chi connectivity index (χ4n) is 1.58. The summed E-state index contributed by atoms with van der Waals surface area (Å²) in [6.07, 6.45) is -5.06. The van der Waals surface area contributed by atoms with Gasteiger partial charge in [0.25, 0.3) is 0 Å². The monoisotopic (exact) mass is 268 g/mol. The predicted molar refractivity (Wildman–Crippen MR) is 66.8 cm³/mol. The zero-order valence-electron chi connectivity index (χ0n) is 9.45. The van der Waals surface area contributed by atoms with Gasteiger partial charge in [-0.15, -0.1) is 0 Å². The Balaban J connectivity index is 2.23. The van der Waals surface area contributed by atoms with E-state index in [4.69, 9.17) is 0 Å². The van der Waals surface area contributed by atoms with Gasteiger partial charge in [-0.1, -0.05) is 48.2 Å². The number of rotatable bonds is 3. The molecule has 18 heavy (non-hydrogen) atoms. The molecule has 0 aromatic heterocycles. The molecule has 0 radical (unpaired) electrons. The minimum absolute atomic E-state index is 0.318. The topological polar surface area (TPSA) is 0 Å². The first-order valence-electron chi connectivity index (χ1n) is 5.42. The minimum Gasteiger partial charge on any atom is -0.171 e. The van der Waals surface area contributed by atoms with E-state index in [1.807, 2.05) is 30.3 Å². The maximum atomic E-state index is 12.5. The van der Waals surface area contributed by atoms with Crippen molar-refractivity contribution in [1.29, 1.82) is 0 Å². The molecule has 0 heterocycles. The van der Waals surface area contributed by atoms with Crippen molar-refractivity contribution in [3.8, 4) is 0 Å². The summed E-state index contributed by atoms with van der Waals surface area (Å²) in [5.74, 6) is 0. The zero-order chi connectivity index (χ0) is 13.0. The van der Waals surface area contributed by atoms with E-state index in [0.29, 0.717) is 10.5 Å². The Kier molecular flexibility index (Phi) is 3.97. The summed E-state index contributed by atoms with van der Waals surface area (Å²) in [5.41, 5.74) is 0.318. The van der Waals surface area contributed by atoms with Gasteiger partial charge < -0.3 is 0 Å². The third-order valence-corrected chi connectivity index (χ3v) is 3.46. The molecule has 0 aliphatic heterocycles. The molecule has 4 heteroatoms. The molecule has 0 aliphatic rings. The fraction of sp³-hybridized carbons (Fsp3) is 0.143. The van der Waals surface area contributed by atoms with Gasteiger partial charge in [-0.2, -0.15) is 13.2 Å². The molecule has 2 aromatic rings. The highest BCUT2D eigenvalue weighted by molar-refractivity contribution is 7.99. The van der Waals surface area contributed by atoms with E-state index in [2.05, 4.69) is 0 Å². The molecule has 0 aliphatic carbocycles. The summed E-state index contributed by atoms with van der Waals surface area (Å²) in [5, 5.41) is 0. The van der Waals surface area contributed by atoms with Gasteiger partial charge in [0.1, 0.15) is 0 Å². The smallest absolute Gasteiger partial charge is 0.171 e. The average Bonchev–Trinajstić information content (AvgIpc) is 2.31. The summed E-state index contributed by atoms with van der Waals surface area (Å²) in [4.78, 5) is 1.59. The van der Waals surface area contributed by atoms with Gasteiger partial charge in [0, 0.05) is 9.79 Å². The molecular formula is C14H11F3S. The Labute approximate surface area is 108 Å². The second kappa shape index (κ2) is 5.48. The van der Waals surface area contributed by atoms with Crippen LogP contribution in [0.2, 0.25) is 0 Å². The number of benzene rings is 2. The number of hydrogen-bond donors (Lipinski definition) is 0. The van der Waals surface area contributed by atoms with Gasteiger partial charge in [0.15, 0.2) is 0 Å². The molecule has 0 atom stereocenters. The van der Waals surface area contributed by atoms with Crippen molar-refractivity contribution in [3.05, 3.63) is 60.2 Å². The Hall–Kier alpha value is -1.42. The fourth-order valence-corrected chi connectivity index (χ4v) is 2.55. The lowest BCUT2D eigenvalue weighted by atomic mass is 10.1. The van der Waals surface area contributed by atoms with E-state index in [1.165, 1.54) is 17.8 Å². The standard InChI is InChI=1S/C14H11F3S/c15-14(16,17)10-11-6-4-5-9-13(11)18-12-7-2-1-3-8-12/h1-9H,10H2. The van der Waals surface area contributed by atoms with Gasteiger partial charge in [-0.3, -0.25) is 0 Å². The van der Waals surface area contributed by atoms with E-state index >= 15 is 0 Å². The van der Waals surface area contributed by atoms with Gasteiger partial charge in [0.2, 0.25) is 0 Å². The van der Waals surface area contributed by atoms with Crippen LogP contribution in [-0.4, -0.2) is 6.18 Å². The van der Waals surface area contributed by atoms with Crippen molar-refractivity contribution in [2.45, 2.75) is 22.4 Å². The lowest BCUT2D eigenvalue weighted by Crippen LogP contribution is -2.12. The van der Waals surface area contributed by atoms with Crippen molar-refractivity contribution in [1.82, 2.24) is 0 Å². The van der Waals surface area contributed by atoms with Crippen LogP contribution in [0.25, 0.3) is 0 Å². The van der Waals surface area contributed by atoms with Gasteiger partial charge >= 0.3 is 6.18 Å². The Morgan fingerprint density at radius 2 is 1.44 bits per heavy atom. The summed E-state index contributed by atoms with van der Waals surface area (Å²) < 4.78 is 37.4. The quantitative estimate of drug-likeness (QED) is 0.759. The molecule has 2 rings (SSSR count). The van der Waals surface area contributed by atoms with Crippen LogP contribution in [0, 0.1) is 0 Å². The van der Waals surface area contributed by atoms with E-state index in [0.717, 1.165) is 4.90 Å². The second-order valence-electron chi connectivity index (χ2n) is 3.81. The molecule has 0 unspecified atom stereocenters. The third-order valence-electron chi connectivity index (χ3n) is 2.33. The Morgan fingerprint density at radius 1 is 0.833 bits per heavy atom. The first kappa shape index (κ1) is 13.0. The highest BCUT2D eigenvalue weighted by Crippen LogP contribution is 2.33. The molecule has 0 bridgehead atoms. The molecule has 0 N–H and O–H groups in total. The van der Waals surface area contributed by atoms with E-state index in [1.54, 1.807) is 18.2 Å². The van der Waals surface area contributed by atoms with Crippen LogP contribution in [0.3, 0.4) is 0 Å². The van der Waals surface area contributed by atoms with Crippen LogP contribution < -0.4 is 0 Å². The molecule has 0 saturated heterocycles. The minimum atomic E-state index is -4.17. The summed E-state index contributed by atoms with van der Waals surface area (Å²) in [6.45, 7) is 0. The third kappa shape index (κ3) is 3.81. The van der Waals surface area contributed by atoms with Crippen molar-refractivity contribution in [2.24, 2.45) is 0 Å². The number of alkyl halides is 3. The van der Waals surface area contributed by atoms with Crippen LogP contribution in [-0.2, 0) is 6.42 Å². The van der Waals surface area contributed by atoms with Crippen LogP contribution in [0.15, 0.2) is 64.4 Å². The maximum Gasteiger partial charge on any atom is 0.393 e. The van der Waals surface area contributed by atoms with Gasteiger partial charge in [-0.25, -0.2) is 0 Å². The predicted octanol–water partition coefficient (Wildman–Crippen LogP) is 4.94. The first-order valence-corrected chi connectivity index (χ1v) is 6.24. The molecule has 0 saturated carbocycles. The highest BCUT2D eigenvalue weighted by atomic mass is 32.2. The SMILES string of the molecule is FC(F)(F)Cc1ccccc1Sc1ccccc1. The number of halogens is 3. The summed E-state index contributed by atoms with van der Waals surface area (Å²) >= 11 is 1.35. The van der Waals surface area contributed by atoms with Crippen molar-refractivity contribution >= 4 is 11.8 Å². The molecule has 0 spiro atoms. The number of hydrogen-bond acceptors (Lipinski definition) is 1. The Bertz CT molecular complexity index is 506. The van der Waals surface area contributed by atoms with Crippen LogP contribution in [0.4, 0.5) is 13.2 Å².